The molecule has 0 bridgehead atoms. The highest BCUT2D eigenvalue weighted by molar-refractivity contribution is 5.72. The van der Waals surface area contributed by atoms with Crippen LogP contribution in [0.4, 0.5) is 0 Å². The Labute approximate surface area is 125 Å². The molecule has 1 aliphatic heterocycles. The molecule has 116 valence electrons. The van der Waals surface area contributed by atoms with E-state index >= 15 is 0 Å². The van der Waals surface area contributed by atoms with Crippen molar-refractivity contribution in [3.63, 3.8) is 0 Å². The first-order valence-electron chi connectivity index (χ1n) is 7.34. The average molecular weight is 293 g/mol. The smallest absolute Gasteiger partial charge is 0.309 e. The molecule has 2 N–H and O–H groups in total. The molecule has 1 aliphatic rings. The Morgan fingerprint density at radius 1 is 1.57 bits per heavy atom. The Hall–Kier alpha value is -1.59. The molecular formula is C16H23NO4. The normalized spacial score (nSPS) is 22.1. The molecule has 0 fully saturated rings. The Morgan fingerprint density at radius 3 is 3.05 bits per heavy atom. The Kier molecular flexibility index (Phi) is 5.20. The molecule has 1 heterocycles. The van der Waals surface area contributed by atoms with E-state index in [9.17, 15) is 9.90 Å². The van der Waals surface area contributed by atoms with Crippen molar-refractivity contribution in [2.24, 2.45) is 5.92 Å². The Morgan fingerprint density at radius 2 is 2.33 bits per heavy atom. The van der Waals surface area contributed by atoms with Gasteiger partial charge >= 0.3 is 5.97 Å². The number of hydrogen-bond acceptors (Lipinski definition) is 5. The van der Waals surface area contributed by atoms with Crippen LogP contribution in [0.2, 0.25) is 0 Å². The molecular weight excluding hydrogens is 270 g/mol. The molecule has 0 aliphatic carbocycles. The highest BCUT2D eigenvalue weighted by atomic mass is 16.5. The fourth-order valence-electron chi connectivity index (χ4n) is 2.36. The quantitative estimate of drug-likeness (QED) is 0.807. The summed E-state index contributed by atoms with van der Waals surface area (Å²) in [5.74, 6) is 0.253. The van der Waals surface area contributed by atoms with Gasteiger partial charge in [0.2, 0.25) is 0 Å². The summed E-state index contributed by atoms with van der Waals surface area (Å²) in [6, 6.07) is 5.54. The number of carbonyl (C=O) groups is 1. The van der Waals surface area contributed by atoms with Crippen LogP contribution in [0, 0.1) is 12.8 Å². The van der Waals surface area contributed by atoms with Gasteiger partial charge in [-0.25, -0.2) is 0 Å². The zero-order chi connectivity index (χ0) is 15.4. The van der Waals surface area contributed by atoms with Crippen LogP contribution in [0.5, 0.6) is 5.75 Å². The molecule has 5 heteroatoms. The maximum absolute atomic E-state index is 11.6. The summed E-state index contributed by atoms with van der Waals surface area (Å²) in [6.07, 6.45) is -0.635. The van der Waals surface area contributed by atoms with Crippen LogP contribution in [-0.4, -0.2) is 36.9 Å². The molecule has 21 heavy (non-hydrogen) atoms. The number of rotatable bonds is 5. The third-order valence-electron chi connectivity index (χ3n) is 3.66. The van der Waals surface area contributed by atoms with Gasteiger partial charge in [0.15, 0.2) is 0 Å². The van der Waals surface area contributed by atoms with Crippen molar-refractivity contribution in [1.29, 1.82) is 0 Å². The van der Waals surface area contributed by atoms with E-state index in [0.717, 1.165) is 16.9 Å². The van der Waals surface area contributed by atoms with Gasteiger partial charge in [0.05, 0.1) is 18.6 Å². The van der Waals surface area contributed by atoms with Gasteiger partial charge < -0.3 is 19.9 Å². The lowest BCUT2D eigenvalue weighted by molar-refractivity contribution is -0.147. The molecule has 3 atom stereocenters. The van der Waals surface area contributed by atoms with Crippen molar-refractivity contribution < 1.29 is 19.4 Å². The van der Waals surface area contributed by atoms with Crippen molar-refractivity contribution in [1.82, 2.24) is 5.32 Å². The largest absolute Gasteiger partial charge is 0.491 e. The number of carbonyl (C=O) groups excluding carboxylic acids is 1. The van der Waals surface area contributed by atoms with Crippen molar-refractivity contribution in [3.8, 4) is 5.75 Å². The number of aliphatic hydroxyl groups excluding tert-OH is 1. The van der Waals surface area contributed by atoms with Crippen LogP contribution in [0.3, 0.4) is 0 Å². The molecule has 0 aromatic heterocycles. The minimum atomic E-state index is -0.635. The minimum Gasteiger partial charge on any atom is -0.491 e. The summed E-state index contributed by atoms with van der Waals surface area (Å²) in [4.78, 5) is 11.6. The summed E-state index contributed by atoms with van der Waals surface area (Å²) in [6.45, 7) is 6.79. The molecule has 5 nitrogen and oxygen atoms in total. The van der Waals surface area contributed by atoms with Crippen molar-refractivity contribution in [2.75, 3.05) is 19.8 Å². The van der Waals surface area contributed by atoms with Gasteiger partial charge in [0, 0.05) is 12.1 Å². The number of ether oxygens (including phenoxy) is 2. The summed E-state index contributed by atoms with van der Waals surface area (Å²) < 4.78 is 10.7. The Balaban J connectivity index is 1.94. The number of esters is 1. The van der Waals surface area contributed by atoms with Crippen molar-refractivity contribution in [2.45, 2.75) is 32.9 Å². The maximum atomic E-state index is 11.6. The van der Waals surface area contributed by atoms with E-state index in [0.29, 0.717) is 19.8 Å². The van der Waals surface area contributed by atoms with Crippen molar-refractivity contribution in [3.05, 3.63) is 29.3 Å². The lowest BCUT2D eigenvalue weighted by Crippen LogP contribution is -2.45. The van der Waals surface area contributed by atoms with Gasteiger partial charge in [-0.3, -0.25) is 4.79 Å². The highest BCUT2D eigenvalue weighted by Gasteiger charge is 2.29. The highest BCUT2D eigenvalue weighted by Crippen LogP contribution is 2.32. The zero-order valence-electron chi connectivity index (χ0n) is 12.8. The number of aliphatic hydroxyl groups is 1. The van der Waals surface area contributed by atoms with E-state index in [-0.39, 0.29) is 17.9 Å². The lowest BCUT2D eigenvalue weighted by Gasteiger charge is -2.31. The first-order chi connectivity index (χ1) is 10.0. The first-order valence-corrected chi connectivity index (χ1v) is 7.34. The fourth-order valence-corrected chi connectivity index (χ4v) is 2.36. The van der Waals surface area contributed by atoms with E-state index in [4.69, 9.17) is 9.47 Å². The van der Waals surface area contributed by atoms with Crippen molar-refractivity contribution >= 4 is 5.97 Å². The second-order valence-corrected chi connectivity index (χ2v) is 5.46. The van der Waals surface area contributed by atoms with Gasteiger partial charge in [0.25, 0.3) is 0 Å². The summed E-state index contributed by atoms with van der Waals surface area (Å²) in [5.41, 5.74) is 1.89. The summed E-state index contributed by atoms with van der Waals surface area (Å²) in [7, 11) is 0. The SMILES string of the molecule is CCOC(=O)C(C)CN[C@@H]1COc2cc(C)ccc2[C@@H]1O. The van der Waals surface area contributed by atoms with Crippen LogP contribution in [0.15, 0.2) is 18.2 Å². The van der Waals surface area contributed by atoms with Crippen LogP contribution < -0.4 is 10.1 Å². The van der Waals surface area contributed by atoms with E-state index in [1.165, 1.54) is 0 Å². The molecule has 1 unspecified atom stereocenters. The predicted molar refractivity (Wildman–Crippen MR) is 79.2 cm³/mol. The second-order valence-electron chi connectivity index (χ2n) is 5.46. The van der Waals surface area contributed by atoms with E-state index in [2.05, 4.69) is 5.32 Å². The summed E-state index contributed by atoms with van der Waals surface area (Å²) >= 11 is 0. The van der Waals surface area contributed by atoms with E-state index in [1.807, 2.05) is 25.1 Å². The zero-order valence-corrected chi connectivity index (χ0v) is 12.8. The summed E-state index contributed by atoms with van der Waals surface area (Å²) in [5, 5.41) is 13.6. The molecule has 0 saturated carbocycles. The van der Waals surface area contributed by atoms with Gasteiger partial charge in [-0.1, -0.05) is 19.1 Å². The van der Waals surface area contributed by atoms with Crippen LogP contribution in [0.25, 0.3) is 0 Å². The van der Waals surface area contributed by atoms with Crippen LogP contribution in [-0.2, 0) is 9.53 Å². The second kappa shape index (κ2) is 6.91. The number of hydrogen-bond donors (Lipinski definition) is 2. The van der Waals surface area contributed by atoms with Crippen LogP contribution >= 0.6 is 0 Å². The maximum Gasteiger partial charge on any atom is 0.309 e. The first kappa shape index (κ1) is 15.8. The standard InChI is InChI=1S/C16H23NO4/c1-4-20-16(19)11(3)8-17-13-9-21-14-7-10(2)5-6-12(14)15(13)18/h5-7,11,13,15,17-18H,4,8-9H2,1-3H3/t11?,13-,15+/m1/s1. The average Bonchev–Trinajstić information content (AvgIpc) is 2.46. The number of nitrogens with one attached hydrogen (secondary N) is 1. The van der Waals surface area contributed by atoms with E-state index < -0.39 is 6.10 Å². The monoisotopic (exact) mass is 293 g/mol. The van der Waals surface area contributed by atoms with Gasteiger partial charge in [-0.15, -0.1) is 0 Å². The van der Waals surface area contributed by atoms with Crippen LogP contribution in [0.1, 0.15) is 31.1 Å². The third-order valence-corrected chi connectivity index (χ3v) is 3.66. The van der Waals surface area contributed by atoms with Gasteiger partial charge in [-0.2, -0.15) is 0 Å². The predicted octanol–water partition coefficient (Wildman–Crippen LogP) is 1.58. The number of aryl methyl sites for hydroxylation is 1. The molecule has 0 spiro atoms. The van der Waals surface area contributed by atoms with Gasteiger partial charge in [-0.05, 0) is 25.5 Å². The molecule has 2 rings (SSSR count). The molecule has 0 amide bonds. The number of benzene rings is 1. The fraction of sp³-hybridized carbons (Fsp3) is 0.562. The Bertz CT molecular complexity index is 503. The number of fused-ring (bicyclic) bond motifs is 1. The lowest BCUT2D eigenvalue weighted by atomic mass is 9.97. The van der Waals surface area contributed by atoms with E-state index in [1.54, 1.807) is 13.8 Å². The molecule has 0 radical (unpaired) electrons. The minimum absolute atomic E-state index is 0.225. The molecule has 0 saturated heterocycles. The topological polar surface area (TPSA) is 67.8 Å². The molecule has 1 aromatic carbocycles. The third kappa shape index (κ3) is 3.74. The molecule has 1 aromatic rings. The van der Waals surface area contributed by atoms with Gasteiger partial charge in [0.1, 0.15) is 18.5 Å².